The summed E-state index contributed by atoms with van der Waals surface area (Å²) in [5.74, 6) is -0.462. The Kier molecular flexibility index (Phi) is 19.1. The molecule has 0 aliphatic heterocycles. The number of aliphatic hydroxyl groups is 1. The Hall–Kier alpha value is -6.39. The molecule has 4 aromatic heterocycles. The van der Waals surface area contributed by atoms with E-state index in [1.165, 1.54) is 0 Å². The molecule has 4 aromatic carbocycles. The van der Waals surface area contributed by atoms with Crippen molar-refractivity contribution < 1.29 is 50.4 Å². The number of phosphoric acid groups is 1. The predicted molar refractivity (Wildman–Crippen MR) is 306 cm³/mol. The fourth-order valence-electron chi connectivity index (χ4n) is 9.37. The second-order valence-electron chi connectivity index (χ2n) is 19.5. The van der Waals surface area contributed by atoms with Crippen molar-refractivity contribution in [3.05, 3.63) is 119 Å². The minimum atomic E-state index is -4.50. The zero-order valence-electron chi connectivity index (χ0n) is 45.2. The van der Waals surface area contributed by atoms with Gasteiger partial charge in [0.25, 0.3) is 11.8 Å². The number of aromatic amines is 2. The third kappa shape index (κ3) is 13.9. The standard InChI is InChI=1S/C28H35N4O7PS.C28H34N4O4S/c1-5-41(37,38)21-9-6-8-20(15-21)23-16-22(19(3)26-25(23)24-14-18(2)17-30-27(24)31-26)28(33)29-10-7-11-32(4)12-13-39-40(34,35)36;1-5-37(35,36)21-9-6-8-20(15-21)23-16-22(28(34)29-10-7-11-32(4)12-13-33)19(3)26-25(23)24-14-18(2)17-30-27(24)31-26/h6,8-9,14-17H,5,7,10-13H2,1-4H3,(H,29,33)(H,30,31)(H2,34,35,36);6,8-9,14-17,33H,5,7,10-13H2,1-4H3,(H,29,34)(H,30,31). The third-order valence-corrected chi connectivity index (χ3v) is 17.7. The van der Waals surface area contributed by atoms with Gasteiger partial charge in [-0.1, -0.05) is 38.1 Å². The van der Waals surface area contributed by atoms with Crippen molar-refractivity contribution in [3.63, 3.8) is 0 Å². The number of aliphatic hydroxyl groups excluding tert-OH is 1. The number of rotatable bonds is 22. The van der Waals surface area contributed by atoms with E-state index >= 15 is 0 Å². The average molecular weight is 1130 g/mol. The molecule has 0 bridgehead atoms. The van der Waals surface area contributed by atoms with Crippen LogP contribution in [0.5, 0.6) is 0 Å². The van der Waals surface area contributed by atoms with E-state index in [2.05, 4.69) is 41.2 Å². The van der Waals surface area contributed by atoms with Crippen LogP contribution in [-0.2, 0) is 28.8 Å². The molecule has 78 heavy (non-hydrogen) atoms. The van der Waals surface area contributed by atoms with Crippen molar-refractivity contribution >= 4 is 83.2 Å². The van der Waals surface area contributed by atoms with Gasteiger partial charge in [0.1, 0.15) is 11.3 Å². The van der Waals surface area contributed by atoms with Crippen LogP contribution in [-0.4, -0.2) is 151 Å². The predicted octanol–water partition coefficient (Wildman–Crippen LogP) is 7.79. The molecule has 0 aliphatic rings. The minimum absolute atomic E-state index is 0.0110. The van der Waals surface area contributed by atoms with E-state index in [4.69, 9.17) is 14.9 Å². The summed E-state index contributed by atoms with van der Waals surface area (Å²) >= 11 is 0. The molecule has 0 saturated heterocycles. The smallest absolute Gasteiger partial charge is 0.395 e. The third-order valence-electron chi connectivity index (χ3n) is 13.7. The highest BCUT2D eigenvalue weighted by atomic mass is 32.2. The molecular weight excluding hydrogens is 1060 g/mol. The first-order valence-corrected chi connectivity index (χ1v) is 30.5. The number of fused-ring (bicyclic) bond motifs is 6. The van der Waals surface area contributed by atoms with Crippen molar-refractivity contribution in [2.75, 3.05) is 78.1 Å². The molecular formula is C56H69N8O11PS2. The van der Waals surface area contributed by atoms with Gasteiger partial charge in [0.05, 0.1) is 45.5 Å². The highest BCUT2D eigenvalue weighted by Crippen LogP contribution is 2.41. The fourth-order valence-corrected chi connectivity index (χ4v) is 11.5. The lowest BCUT2D eigenvalue weighted by atomic mass is 9.93. The van der Waals surface area contributed by atoms with Crippen LogP contribution in [0.3, 0.4) is 0 Å². The monoisotopic (exact) mass is 1120 g/mol. The van der Waals surface area contributed by atoms with Gasteiger partial charge in [0, 0.05) is 71.2 Å². The van der Waals surface area contributed by atoms with Crippen LogP contribution in [0.25, 0.3) is 66.1 Å². The normalized spacial score (nSPS) is 12.3. The van der Waals surface area contributed by atoms with Gasteiger partial charge < -0.3 is 45.3 Å². The maximum absolute atomic E-state index is 13.4. The van der Waals surface area contributed by atoms with E-state index in [1.54, 1.807) is 69.7 Å². The zero-order valence-corrected chi connectivity index (χ0v) is 47.8. The Morgan fingerprint density at radius 3 is 1.46 bits per heavy atom. The number of pyridine rings is 2. The number of phosphoric ester groups is 1. The average Bonchev–Trinajstić information content (AvgIpc) is 4.22. The van der Waals surface area contributed by atoms with Crippen molar-refractivity contribution in [3.8, 4) is 22.3 Å². The molecule has 0 fully saturated rings. The molecule has 0 spiro atoms. The summed E-state index contributed by atoms with van der Waals surface area (Å²) in [5.41, 5.74) is 10.4. The van der Waals surface area contributed by atoms with Crippen LogP contribution in [0.2, 0.25) is 0 Å². The Balaban J connectivity index is 0.000000227. The number of nitrogens with zero attached hydrogens (tertiary/aromatic N) is 4. The van der Waals surface area contributed by atoms with Gasteiger partial charge in [-0.15, -0.1) is 0 Å². The number of aromatic nitrogens is 4. The van der Waals surface area contributed by atoms with Crippen LogP contribution < -0.4 is 10.6 Å². The van der Waals surface area contributed by atoms with Gasteiger partial charge in [-0.3, -0.25) is 14.1 Å². The van der Waals surface area contributed by atoms with Crippen LogP contribution in [0, 0.1) is 27.7 Å². The SMILES string of the molecule is CCS(=O)(=O)c1cccc(-c2cc(C(=O)NCCCN(C)CCO)c(C)c3[nH]c4ncc(C)cc4c23)c1.CCS(=O)(=O)c1cccc(-c2cc(C(=O)NCCCN(C)CCOP(=O)(O)O)c(C)c3[nH]c4ncc(C)cc4c23)c1. The zero-order chi connectivity index (χ0) is 56.7. The highest BCUT2D eigenvalue weighted by molar-refractivity contribution is 7.91. The highest BCUT2D eigenvalue weighted by Gasteiger charge is 2.24. The van der Waals surface area contributed by atoms with Crippen LogP contribution in [0.4, 0.5) is 0 Å². The maximum Gasteiger partial charge on any atom is 0.469 e. The van der Waals surface area contributed by atoms with Crippen molar-refractivity contribution in [1.82, 2.24) is 40.4 Å². The number of nitrogens with one attached hydrogen (secondary N) is 4. The van der Waals surface area contributed by atoms with E-state index in [1.807, 2.05) is 74.9 Å². The summed E-state index contributed by atoms with van der Waals surface area (Å²) in [5, 5.41) is 18.6. The van der Waals surface area contributed by atoms with E-state index in [-0.39, 0.29) is 46.3 Å². The Labute approximate surface area is 454 Å². The molecule has 8 aromatic rings. The second-order valence-corrected chi connectivity index (χ2v) is 25.3. The number of likely N-dealkylation sites (N-methyl/N-ethyl adjacent to an activating group) is 2. The number of sulfone groups is 2. The van der Waals surface area contributed by atoms with E-state index < -0.39 is 27.5 Å². The molecule has 416 valence electrons. The number of carbonyl (C=O) groups is 2. The van der Waals surface area contributed by atoms with Gasteiger partial charge in [-0.05, 0) is 161 Å². The summed E-state index contributed by atoms with van der Waals surface area (Å²) < 4.78 is 65.8. The molecule has 2 amide bonds. The molecule has 8 rings (SSSR count). The van der Waals surface area contributed by atoms with E-state index in [0.29, 0.717) is 67.1 Å². The second kappa shape index (κ2) is 25.2. The first kappa shape index (κ1) is 59.3. The van der Waals surface area contributed by atoms with E-state index in [0.717, 1.165) is 84.5 Å². The largest absolute Gasteiger partial charge is 0.469 e. The topological polar surface area (TPSA) is 277 Å². The summed E-state index contributed by atoms with van der Waals surface area (Å²) in [6.45, 7) is 14.1. The van der Waals surface area contributed by atoms with Gasteiger partial charge >= 0.3 is 7.82 Å². The molecule has 19 nitrogen and oxygen atoms in total. The molecule has 0 aliphatic carbocycles. The summed E-state index contributed by atoms with van der Waals surface area (Å²) in [4.78, 5) is 64.5. The Morgan fingerprint density at radius 2 is 1.06 bits per heavy atom. The number of carbonyl (C=O) groups excluding carboxylic acids is 2. The minimum Gasteiger partial charge on any atom is -0.395 e. The summed E-state index contributed by atoms with van der Waals surface area (Å²) in [7, 11) is -7.60. The van der Waals surface area contributed by atoms with Gasteiger partial charge in [-0.25, -0.2) is 31.4 Å². The molecule has 7 N–H and O–H groups in total. The number of benzene rings is 4. The quantitative estimate of drug-likeness (QED) is 0.0252. The van der Waals surface area contributed by atoms with Gasteiger partial charge in [-0.2, -0.15) is 0 Å². The molecule has 22 heteroatoms. The molecule has 0 radical (unpaired) electrons. The lowest BCUT2D eigenvalue weighted by Gasteiger charge is -2.17. The van der Waals surface area contributed by atoms with Gasteiger partial charge in [0.15, 0.2) is 19.7 Å². The van der Waals surface area contributed by atoms with Crippen LogP contribution in [0.1, 0.15) is 69.7 Å². The molecule has 0 saturated carbocycles. The lowest BCUT2D eigenvalue weighted by Crippen LogP contribution is -2.30. The first-order chi connectivity index (χ1) is 37.0. The molecule has 4 heterocycles. The number of hydrogen-bond acceptors (Lipinski definition) is 13. The van der Waals surface area contributed by atoms with Crippen LogP contribution >= 0.6 is 7.82 Å². The Morgan fingerprint density at radius 1 is 0.641 bits per heavy atom. The van der Waals surface area contributed by atoms with E-state index in [9.17, 15) is 31.0 Å². The summed E-state index contributed by atoms with van der Waals surface area (Å²) in [6.07, 6.45) is 4.93. The van der Waals surface area contributed by atoms with Crippen LogP contribution in [0.15, 0.2) is 95.0 Å². The van der Waals surface area contributed by atoms with Crippen molar-refractivity contribution in [2.45, 2.75) is 64.2 Å². The Bertz CT molecular complexity index is 3800. The summed E-state index contributed by atoms with van der Waals surface area (Å²) in [6, 6.07) is 21.4. The first-order valence-electron chi connectivity index (χ1n) is 25.7. The van der Waals surface area contributed by atoms with Crippen molar-refractivity contribution in [2.24, 2.45) is 0 Å². The number of H-pyrrole nitrogens is 2. The fraction of sp³-hybridized carbons (Fsp3) is 0.357. The van der Waals surface area contributed by atoms with Crippen molar-refractivity contribution in [1.29, 1.82) is 0 Å². The maximum atomic E-state index is 13.4. The molecule has 0 unspecified atom stereocenters. The molecule has 0 atom stereocenters. The number of hydrogen-bond donors (Lipinski definition) is 7. The lowest BCUT2D eigenvalue weighted by molar-refractivity contribution is 0.0943. The van der Waals surface area contributed by atoms with Gasteiger partial charge in [0.2, 0.25) is 0 Å². The number of aryl methyl sites for hydroxylation is 4. The number of amides is 2.